The van der Waals surface area contributed by atoms with Gasteiger partial charge in [0.2, 0.25) is 5.91 Å². The number of nitrogens with zero attached hydrogens (tertiary/aromatic N) is 1. The molecule has 0 aliphatic carbocycles. The lowest BCUT2D eigenvalue weighted by atomic mass is 9.68. The Morgan fingerprint density at radius 1 is 1.27 bits per heavy atom. The van der Waals surface area contributed by atoms with Crippen LogP contribution < -0.4 is 15.8 Å². The molecule has 5 nitrogen and oxygen atoms in total. The summed E-state index contributed by atoms with van der Waals surface area (Å²) in [5.41, 5.74) is 8.66. The lowest BCUT2D eigenvalue weighted by molar-refractivity contribution is 0.0996. The summed E-state index contributed by atoms with van der Waals surface area (Å²) in [5.74, 6) is 1.05. The predicted octanol–water partition coefficient (Wildman–Crippen LogP) is 3.57. The van der Waals surface area contributed by atoms with E-state index in [0.29, 0.717) is 11.5 Å². The van der Waals surface area contributed by atoms with Crippen LogP contribution in [0.25, 0.3) is 0 Å². The van der Waals surface area contributed by atoms with Crippen LogP contribution in [0.5, 0.6) is 5.75 Å². The minimum atomic E-state index is -0.361. The van der Waals surface area contributed by atoms with Crippen molar-refractivity contribution >= 4 is 5.91 Å². The van der Waals surface area contributed by atoms with E-state index in [2.05, 4.69) is 54.4 Å². The first kappa shape index (κ1) is 22.3. The molecule has 0 radical (unpaired) electrons. The van der Waals surface area contributed by atoms with Crippen molar-refractivity contribution in [1.82, 2.24) is 10.2 Å². The maximum absolute atomic E-state index is 11.6. The third-order valence-corrected chi connectivity index (χ3v) is 6.54. The second-order valence-corrected chi connectivity index (χ2v) is 8.70. The SMILES string of the molecule is CNCCCOc1ccc(CN2CC[C@@](C)(c3cccc(C(N)=O)c3)[C@@H](C)C2)cc1. The van der Waals surface area contributed by atoms with Gasteiger partial charge in [-0.1, -0.05) is 38.1 Å². The fraction of sp³-hybridized carbons (Fsp3) is 0.480. The van der Waals surface area contributed by atoms with Crippen LogP contribution in [0.1, 0.15) is 48.2 Å². The molecule has 1 aliphatic heterocycles. The topological polar surface area (TPSA) is 67.6 Å². The highest BCUT2D eigenvalue weighted by atomic mass is 16.5. The summed E-state index contributed by atoms with van der Waals surface area (Å²) in [6.07, 6.45) is 2.06. The molecule has 1 fully saturated rings. The van der Waals surface area contributed by atoms with Gasteiger partial charge in [0.15, 0.2) is 0 Å². The van der Waals surface area contributed by atoms with Gasteiger partial charge < -0.3 is 15.8 Å². The summed E-state index contributed by atoms with van der Waals surface area (Å²) in [6.45, 7) is 9.34. The predicted molar refractivity (Wildman–Crippen MR) is 122 cm³/mol. The van der Waals surface area contributed by atoms with Crippen molar-refractivity contribution in [3.8, 4) is 5.75 Å². The van der Waals surface area contributed by atoms with Gasteiger partial charge in [0, 0.05) is 18.7 Å². The average Bonchev–Trinajstić information content (AvgIpc) is 2.75. The average molecular weight is 410 g/mol. The summed E-state index contributed by atoms with van der Waals surface area (Å²) < 4.78 is 5.79. The first-order valence-corrected chi connectivity index (χ1v) is 10.9. The number of amides is 1. The van der Waals surface area contributed by atoms with Crippen molar-refractivity contribution in [2.24, 2.45) is 11.7 Å². The Hall–Kier alpha value is -2.37. The van der Waals surface area contributed by atoms with Gasteiger partial charge in [-0.3, -0.25) is 9.69 Å². The molecule has 0 unspecified atom stereocenters. The van der Waals surface area contributed by atoms with Crippen LogP contribution in [-0.2, 0) is 12.0 Å². The molecule has 0 spiro atoms. The second kappa shape index (κ2) is 10.1. The Morgan fingerprint density at radius 2 is 2.03 bits per heavy atom. The molecule has 1 amide bonds. The first-order valence-electron chi connectivity index (χ1n) is 10.9. The Morgan fingerprint density at radius 3 is 2.70 bits per heavy atom. The fourth-order valence-electron chi connectivity index (χ4n) is 4.31. The lowest BCUT2D eigenvalue weighted by Crippen LogP contribution is -2.47. The highest BCUT2D eigenvalue weighted by Gasteiger charge is 2.38. The van der Waals surface area contributed by atoms with Crippen LogP contribution in [0.2, 0.25) is 0 Å². The third-order valence-electron chi connectivity index (χ3n) is 6.54. The molecular formula is C25H35N3O2. The van der Waals surface area contributed by atoms with E-state index in [-0.39, 0.29) is 11.3 Å². The number of rotatable bonds is 9. The van der Waals surface area contributed by atoms with Gasteiger partial charge in [0.1, 0.15) is 5.75 Å². The largest absolute Gasteiger partial charge is 0.494 e. The normalized spacial score (nSPS) is 22.0. The Bertz CT molecular complexity index is 837. The second-order valence-electron chi connectivity index (χ2n) is 8.70. The summed E-state index contributed by atoms with van der Waals surface area (Å²) >= 11 is 0. The van der Waals surface area contributed by atoms with Crippen molar-refractivity contribution in [2.75, 3.05) is 33.3 Å². The molecule has 2 aromatic rings. The van der Waals surface area contributed by atoms with Gasteiger partial charge in [-0.2, -0.15) is 0 Å². The van der Waals surface area contributed by atoms with E-state index in [9.17, 15) is 4.79 Å². The number of nitrogens with two attached hydrogens (primary N) is 1. The number of hydrogen-bond donors (Lipinski definition) is 2. The molecule has 30 heavy (non-hydrogen) atoms. The molecule has 0 saturated carbocycles. The molecule has 1 heterocycles. The molecule has 1 aliphatic rings. The van der Waals surface area contributed by atoms with E-state index < -0.39 is 0 Å². The molecule has 2 atom stereocenters. The van der Waals surface area contributed by atoms with Gasteiger partial charge in [0.25, 0.3) is 0 Å². The first-order chi connectivity index (χ1) is 14.4. The zero-order chi connectivity index (χ0) is 21.6. The van der Waals surface area contributed by atoms with Crippen LogP contribution in [0.3, 0.4) is 0 Å². The zero-order valence-corrected chi connectivity index (χ0v) is 18.5. The van der Waals surface area contributed by atoms with Crippen LogP contribution in [0, 0.1) is 5.92 Å². The molecule has 2 aromatic carbocycles. The Labute approximate surface area is 180 Å². The number of nitrogens with one attached hydrogen (secondary N) is 1. The van der Waals surface area contributed by atoms with Gasteiger partial charge >= 0.3 is 0 Å². The molecule has 162 valence electrons. The molecule has 5 heteroatoms. The number of carbonyl (C=O) groups excluding carboxylic acids is 1. The molecule has 0 aromatic heterocycles. The number of piperidine rings is 1. The zero-order valence-electron chi connectivity index (χ0n) is 18.5. The number of primary amides is 1. The highest BCUT2D eigenvalue weighted by Crippen LogP contribution is 2.40. The molecule has 3 N–H and O–H groups in total. The van der Waals surface area contributed by atoms with Crippen LogP contribution in [0.15, 0.2) is 48.5 Å². The number of benzene rings is 2. The Kier molecular flexibility index (Phi) is 7.51. The molecular weight excluding hydrogens is 374 g/mol. The van der Waals surface area contributed by atoms with Crippen LogP contribution >= 0.6 is 0 Å². The molecule has 3 rings (SSSR count). The molecule has 1 saturated heterocycles. The molecule has 0 bridgehead atoms. The van der Waals surface area contributed by atoms with Crippen LogP contribution in [-0.4, -0.2) is 44.1 Å². The minimum absolute atomic E-state index is 0.0486. The van der Waals surface area contributed by atoms with Gasteiger partial charge in [-0.25, -0.2) is 0 Å². The Balaban J connectivity index is 1.57. The maximum atomic E-state index is 11.6. The lowest BCUT2D eigenvalue weighted by Gasteiger charge is -2.45. The quantitative estimate of drug-likeness (QED) is 0.621. The van der Waals surface area contributed by atoms with Crippen molar-refractivity contribution in [2.45, 2.75) is 38.6 Å². The van der Waals surface area contributed by atoms with Gasteiger partial charge in [-0.05, 0) is 79.7 Å². The number of hydrogen-bond acceptors (Lipinski definition) is 4. The summed E-state index contributed by atoms with van der Waals surface area (Å²) in [6, 6.07) is 16.3. The summed E-state index contributed by atoms with van der Waals surface area (Å²) in [5, 5.41) is 3.13. The summed E-state index contributed by atoms with van der Waals surface area (Å²) in [4.78, 5) is 14.1. The van der Waals surface area contributed by atoms with Crippen molar-refractivity contribution in [1.29, 1.82) is 0 Å². The van der Waals surface area contributed by atoms with E-state index >= 15 is 0 Å². The number of carbonyl (C=O) groups is 1. The standard InChI is InChI=1S/C25H35N3O2/c1-19-17-28(18-20-8-10-23(11-9-20)30-15-5-13-27-3)14-12-25(19,2)22-7-4-6-21(16-22)24(26)29/h4,6-11,16,19,27H,5,12-15,17-18H2,1-3H3,(H2,26,29)/t19-,25+/m0/s1. The van der Waals surface area contributed by atoms with Gasteiger partial charge in [-0.15, -0.1) is 0 Å². The van der Waals surface area contributed by atoms with Crippen molar-refractivity contribution in [3.05, 3.63) is 65.2 Å². The smallest absolute Gasteiger partial charge is 0.248 e. The van der Waals surface area contributed by atoms with Crippen LogP contribution in [0.4, 0.5) is 0 Å². The fourth-order valence-corrected chi connectivity index (χ4v) is 4.31. The van der Waals surface area contributed by atoms with E-state index in [1.54, 1.807) is 6.07 Å². The van der Waals surface area contributed by atoms with E-state index in [4.69, 9.17) is 10.5 Å². The van der Waals surface area contributed by atoms with E-state index in [1.165, 1.54) is 11.1 Å². The summed E-state index contributed by atoms with van der Waals surface area (Å²) in [7, 11) is 1.96. The number of likely N-dealkylation sites (tertiary alicyclic amines) is 1. The van der Waals surface area contributed by atoms with E-state index in [0.717, 1.165) is 51.4 Å². The minimum Gasteiger partial charge on any atom is -0.494 e. The highest BCUT2D eigenvalue weighted by molar-refractivity contribution is 5.92. The van der Waals surface area contributed by atoms with Crippen molar-refractivity contribution in [3.63, 3.8) is 0 Å². The van der Waals surface area contributed by atoms with Gasteiger partial charge in [0.05, 0.1) is 6.61 Å². The maximum Gasteiger partial charge on any atom is 0.248 e. The number of ether oxygens (including phenoxy) is 1. The third kappa shape index (κ3) is 5.41. The monoisotopic (exact) mass is 409 g/mol. The van der Waals surface area contributed by atoms with E-state index in [1.807, 2.05) is 19.2 Å². The van der Waals surface area contributed by atoms with Crippen molar-refractivity contribution < 1.29 is 9.53 Å².